The Bertz CT molecular complexity index is 330. The summed E-state index contributed by atoms with van der Waals surface area (Å²) < 4.78 is 5.11. The molecule has 1 saturated carbocycles. The van der Waals surface area contributed by atoms with E-state index in [2.05, 4.69) is 5.32 Å². The highest BCUT2D eigenvalue weighted by Crippen LogP contribution is 2.28. The molecular formula is C12H20N2O3. The Morgan fingerprint density at radius 1 is 1.53 bits per heavy atom. The van der Waals surface area contributed by atoms with Gasteiger partial charge in [-0.1, -0.05) is 6.42 Å². The molecule has 5 heteroatoms. The molecule has 0 heterocycles. The molecule has 0 radical (unpaired) electrons. The van der Waals surface area contributed by atoms with Gasteiger partial charge in [0, 0.05) is 0 Å². The molecule has 96 valence electrons. The van der Waals surface area contributed by atoms with Crippen LogP contribution in [0, 0.1) is 11.3 Å². The van der Waals surface area contributed by atoms with Crippen LogP contribution in [0.5, 0.6) is 0 Å². The molecule has 2 atom stereocenters. The molecule has 1 aliphatic carbocycles. The van der Waals surface area contributed by atoms with Crippen LogP contribution in [0.15, 0.2) is 0 Å². The van der Waals surface area contributed by atoms with Crippen LogP contribution in [0.25, 0.3) is 0 Å². The largest absolute Gasteiger partial charge is 0.444 e. The zero-order valence-corrected chi connectivity index (χ0v) is 10.6. The Morgan fingerprint density at radius 3 is 2.71 bits per heavy atom. The number of amides is 1. The first kappa shape index (κ1) is 13.8. The van der Waals surface area contributed by atoms with E-state index in [1.165, 1.54) is 0 Å². The highest BCUT2D eigenvalue weighted by molar-refractivity contribution is 5.68. The summed E-state index contributed by atoms with van der Waals surface area (Å²) in [5.41, 5.74) is -2.04. The number of carbonyl (C=O) groups is 1. The second-order valence-electron chi connectivity index (χ2n) is 5.48. The Kier molecular flexibility index (Phi) is 3.99. The van der Waals surface area contributed by atoms with Crippen LogP contribution in [0.2, 0.25) is 0 Å². The van der Waals surface area contributed by atoms with Gasteiger partial charge >= 0.3 is 6.09 Å². The van der Waals surface area contributed by atoms with Gasteiger partial charge < -0.3 is 15.2 Å². The number of nitrogens with zero attached hydrogens (tertiary/aromatic N) is 1. The molecule has 0 saturated heterocycles. The minimum Gasteiger partial charge on any atom is -0.444 e. The van der Waals surface area contributed by atoms with E-state index in [0.29, 0.717) is 12.8 Å². The van der Waals surface area contributed by atoms with Crippen molar-refractivity contribution >= 4 is 6.09 Å². The van der Waals surface area contributed by atoms with Crippen molar-refractivity contribution in [2.45, 2.75) is 63.7 Å². The molecule has 1 rings (SSSR count). The molecule has 0 aromatic heterocycles. The molecule has 5 nitrogen and oxygen atoms in total. The van der Waals surface area contributed by atoms with Crippen LogP contribution in [-0.4, -0.2) is 28.4 Å². The summed E-state index contributed by atoms with van der Waals surface area (Å²) in [7, 11) is 0. The van der Waals surface area contributed by atoms with E-state index in [1.807, 2.05) is 6.07 Å². The monoisotopic (exact) mass is 240 g/mol. The Balaban J connectivity index is 2.61. The second kappa shape index (κ2) is 4.92. The highest BCUT2D eigenvalue weighted by Gasteiger charge is 2.40. The maximum Gasteiger partial charge on any atom is 0.408 e. The Hall–Kier alpha value is -1.28. The van der Waals surface area contributed by atoms with Crippen molar-refractivity contribution in [3.8, 4) is 6.07 Å². The molecule has 0 unspecified atom stereocenters. The van der Waals surface area contributed by atoms with E-state index >= 15 is 0 Å². The van der Waals surface area contributed by atoms with E-state index in [9.17, 15) is 9.90 Å². The van der Waals surface area contributed by atoms with Gasteiger partial charge in [-0.25, -0.2) is 4.79 Å². The zero-order chi connectivity index (χ0) is 13.1. The summed E-state index contributed by atoms with van der Waals surface area (Å²) in [6.45, 7) is 5.30. The lowest BCUT2D eigenvalue weighted by Crippen LogP contribution is -2.54. The number of hydrogen-bond donors (Lipinski definition) is 2. The van der Waals surface area contributed by atoms with Crippen molar-refractivity contribution in [1.82, 2.24) is 5.32 Å². The fourth-order valence-corrected chi connectivity index (χ4v) is 1.93. The van der Waals surface area contributed by atoms with Gasteiger partial charge in [0.05, 0.1) is 12.1 Å². The molecule has 0 aliphatic heterocycles. The Morgan fingerprint density at radius 2 is 2.18 bits per heavy atom. The Labute approximate surface area is 102 Å². The van der Waals surface area contributed by atoms with E-state index in [1.54, 1.807) is 20.8 Å². The van der Waals surface area contributed by atoms with Crippen LogP contribution in [0.3, 0.4) is 0 Å². The standard InChI is InChI=1S/C12H20N2O3/c1-11(2,3)17-10(15)14-9-6-4-5-7-12(9,16)8-13/h9,16H,4-7H2,1-3H3,(H,14,15)/t9-,12-/m1/s1. The quantitative estimate of drug-likeness (QED) is 0.683. The topological polar surface area (TPSA) is 82.3 Å². The van der Waals surface area contributed by atoms with Gasteiger partial charge in [-0.3, -0.25) is 0 Å². The molecular weight excluding hydrogens is 220 g/mol. The van der Waals surface area contributed by atoms with Gasteiger partial charge in [-0.2, -0.15) is 5.26 Å². The summed E-state index contributed by atoms with van der Waals surface area (Å²) in [4.78, 5) is 11.6. The molecule has 1 aliphatic rings. The van der Waals surface area contributed by atoms with Crippen molar-refractivity contribution in [3.63, 3.8) is 0 Å². The average molecular weight is 240 g/mol. The van der Waals surface area contributed by atoms with Crippen LogP contribution >= 0.6 is 0 Å². The summed E-state index contributed by atoms with van der Waals surface area (Å²) >= 11 is 0. The van der Waals surface area contributed by atoms with Crippen molar-refractivity contribution < 1.29 is 14.6 Å². The predicted octanol–water partition coefficient (Wildman–Crippen LogP) is 1.71. The highest BCUT2D eigenvalue weighted by atomic mass is 16.6. The molecule has 17 heavy (non-hydrogen) atoms. The smallest absolute Gasteiger partial charge is 0.408 e. The lowest BCUT2D eigenvalue weighted by molar-refractivity contribution is 0.00854. The number of alkyl carbamates (subject to hydrolysis) is 1. The molecule has 0 spiro atoms. The lowest BCUT2D eigenvalue weighted by Gasteiger charge is -2.35. The zero-order valence-electron chi connectivity index (χ0n) is 10.6. The van der Waals surface area contributed by atoms with Crippen LogP contribution in [0.1, 0.15) is 46.5 Å². The fourth-order valence-electron chi connectivity index (χ4n) is 1.93. The minimum absolute atomic E-state index is 0.393. The van der Waals surface area contributed by atoms with E-state index < -0.39 is 23.3 Å². The number of rotatable bonds is 1. The van der Waals surface area contributed by atoms with Crippen molar-refractivity contribution in [3.05, 3.63) is 0 Å². The van der Waals surface area contributed by atoms with Crippen molar-refractivity contribution in [2.24, 2.45) is 0 Å². The number of nitriles is 1. The van der Waals surface area contributed by atoms with E-state index in [-0.39, 0.29) is 0 Å². The second-order valence-corrected chi connectivity index (χ2v) is 5.48. The predicted molar refractivity (Wildman–Crippen MR) is 62.2 cm³/mol. The van der Waals surface area contributed by atoms with Crippen LogP contribution < -0.4 is 5.32 Å². The van der Waals surface area contributed by atoms with Gasteiger partial charge in [0.1, 0.15) is 5.60 Å². The number of hydrogen-bond acceptors (Lipinski definition) is 4. The summed E-state index contributed by atoms with van der Waals surface area (Å²) in [6, 6.07) is 1.34. The van der Waals surface area contributed by atoms with E-state index in [0.717, 1.165) is 12.8 Å². The lowest BCUT2D eigenvalue weighted by atomic mass is 9.81. The molecule has 0 aromatic rings. The third kappa shape index (κ3) is 3.90. The molecule has 0 aromatic carbocycles. The van der Waals surface area contributed by atoms with Crippen LogP contribution in [0.4, 0.5) is 4.79 Å². The number of carbonyl (C=O) groups excluding carboxylic acids is 1. The maximum atomic E-state index is 11.6. The first-order chi connectivity index (χ1) is 7.77. The summed E-state index contributed by atoms with van der Waals surface area (Å²) in [5, 5.41) is 21.6. The van der Waals surface area contributed by atoms with Gasteiger partial charge in [-0.15, -0.1) is 0 Å². The normalized spacial score (nSPS) is 29.2. The first-order valence-electron chi connectivity index (χ1n) is 5.90. The third-order valence-corrected chi connectivity index (χ3v) is 2.76. The number of aliphatic hydroxyl groups is 1. The van der Waals surface area contributed by atoms with Gasteiger partial charge in [0.15, 0.2) is 5.60 Å². The average Bonchev–Trinajstić information content (AvgIpc) is 2.19. The molecule has 0 bridgehead atoms. The van der Waals surface area contributed by atoms with Gasteiger partial charge in [0.25, 0.3) is 0 Å². The maximum absolute atomic E-state index is 11.6. The summed E-state index contributed by atoms with van der Waals surface area (Å²) in [5.74, 6) is 0. The summed E-state index contributed by atoms with van der Waals surface area (Å²) in [6.07, 6.45) is 2.10. The minimum atomic E-state index is -1.46. The van der Waals surface area contributed by atoms with Gasteiger partial charge in [0.2, 0.25) is 0 Å². The molecule has 1 amide bonds. The van der Waals surface area contributed by atoms with E-state index in [4.69, 9.17) is 10.00 Å². The first-order valence-corrected chi connectivity index (χ1v) is 5.90. The van der Waals surface area contributed by atoms with Crippen molar-refractivity contribution in [2.75, 3.05) is 0 Å². The number of ether oxygens (including phenoxy) is 1. The molecule has 2 N–H and O–H groups in total. The fraction of sp³-hybridized carbons (Fsp3) is 0.833. The van der Waals surface area contributed by atoms with Crippen LogP contribution in [-0.2, 0) is 4.74 Å². The van der Waals surface area contributed by atoms with Crippen molar-refractivity contribution in [1.29, 1.82) is 5.26 Å². The SMILES string of the molecule is CC(C)(C)OC(=O)N[C@@H]1CCCC[C@@]1(O)C#N. The molecule has 1 fully saturated rings. The number of nitrogens with one attached hydrogen (secondary N) is 1. The van der Waals surface area contributed by atoms with Gasteiger partial charge in [-0.05, 0) is 40.0 Å². The third-order valence-electron chi connectivity index (χ3n) is 2.76.